The van der Waals surface area contributed by atoms with Crippen molar-refractivity contribution in [2.45, 2.75) is 6.43 Å². The van der Waals surface area contributed by atoms with Crippen molar-refractivity contribution in [2.24, 2.45) is 0 Å². The van der Waals surface area contributed by atoms with Gasteiger partial charge in [0.1, 0.15) is 0 Å². The average Bonchev–Trinajstić information content (AvgIpc) is 3.22. The second-order valence-corrected chi connectivity index (χ2v) is 7.04. The first-order valence-electron chi connectivity index (χ1n) is 9.65. The number of nitrogens with one attached hydrogen (secondary N) is 2. The predicted octanol–water partition coefficient (Wildman–Crippen LogP) is 2.58. The van der Waals surface area contributed by atoms with Crippen LogP contribution in [-0.2, 0) is 4.79 Å². The fourth-order valence-corrected chi connectivity index (χ4v) is 3.50. The molecule has 0 atom stereocenters. The van der Waals surface area contributed by atoms with Crippen molar-refractivity contribution in [3.63, 3.8) is 0 Å². The number of rotatable bonds is 5. The molecular weight excluding hydrogens is 392 g/mol. The van der Waals surface area contributed by atoms with Gasteiger partial charge < -0.3 is 20.1 Å². The Labute approximate surface area is 171 Å². The molecule has 2 heterocycles. The Morgan fingerprint density at radius 2 is 1.80 bits per heavy atom. The fraction of sp³-hybridized carbons (Fsp3) is 0.286. The summed E-state index contributed by atoms with van der Waals surface area (Å²) in [6, 6.07) is 14.5. The molecule has 3 aromatic rings. The summed E-state index contributed by atoms with van der Waals surface area (Å²) in [5.41, 5.74) is 2.10. The highest BCUT2D eigenvalue weighted by molar-refractivity contribution is 5.99. The molecule has 1 fully saturated rings. The molecule has 30 heavy (non-hydrogen) atoms. The van der Waals surface area contributed by atoms with Crippen LogP contribution in [0.25, 0.3) is 11.0 Å². The lowest BCUT2D eigenvalue weighted by atomic mass is 10.2. The summed E-state index contributed by atoms with van der Waals surface area (Å²) in [4.78, 5) is 35.1. The molecule has 1 aliphatic rings. The van der Waals surface area contributed by atoms with E-state index in [9.17, 15) is 18.4 Å². The third-order valence-electron chi connectivity index (χ3n) is 5.12. The maximum absolute atomic E-state index is 12.8. The molecule has 9 heteroatoms. The van der Waals surface area contributed by atoms with Crippen molar-refractivity contribution in [1.29, 1.82) is 0 Å². The minimum absolute atomic E-state index is 0.118. The van der Waals surface area contributed by atoms with Gasteiger partial charge in [-0.2, -0.15) is 0 Å². The number of carbonyl (C=O) groups excluding carboxylic acids is 2. The van der Waals surface area contributed by atoms with Crippen LogP contribution in [0.15, 0.2) is 48.5 Å². The van der Waals surface area contributed by atoms with E-state index in [1.807, 2.05) is 30.3 Å². The SMILES string of the molecule is O=C(NCC(=O)N1CCN(c2ccccc2)CC1)c1ccc2nc(C(F)F)[nH]c2c1. The molecule has 2 amide bonds. The molecule has 1 aliphatic heterocycles. The monoisotopic (exact) mass is 413 g/mol. The standard InChI is InChI=1S/C21H21F2N5O2/c22-19(23)20-25-16-7-6-14(12-17(16)26-20)21(30)24-13-18(29)28-10-8-27(9-11-28)15-4-2-1-3-5-15/h1-7,12,19H,8-11,13H2,(H,24,30)(H,25,26). The second-order valence-electron chi connectivity index (χ2n) is 7.04. The Balaban J connectivity index is 1.30. The summed E-state index contributed by atoms with van der Waals surface area (Å²) in [7, 11) is 0. The second kappa shape index (κ2) is 8.48. The number of hydrogen-bond donors (Lipinski definition) is 2. The molecule has 7 nitrogen and oxygen atoms in total. The lowest BCUT2D eigenvalue weighted by molar-refractivity contribution is -0.130. The van der Waals surface area contributed by atoms with Gasteiger partial charge in [0.05, 0.1) is 17.6 Å². The Morgan fingerprint density at radius 3 is 2.50 bits per heavy atom. The highest BCUT2D eigenvalue weighted by atomic mass is 19.3. The smallest absolute Gasteiger partial charge is 0.295 e. The molecule has 0 bridgehead atoms. The number of hydrogen-bond acceptors (Lipinski definition) is 4. The van der Waals surface area contributed by atoms with Crippen molar-refractivity contribution in [3.05, 3.63) is 59.9 Å². The first-order valence-corrected chi connectivity index (χ1v) is 9.65. The number of anilines is 1. The number of benzene rings is 2. The summed E-state index contributed by atoms with van der Waals surface area (Å²) < 4.78 is 25.5. The van der Waals surface area contributed by atoms with E-state index in [4.69, 9.17) is 0 Å². The summed E-state index contributed by atoms with van der Waals surface area (Å²) in [6.45, 7) is 2.51. The zero-order chi connectivity index (χ0) is 21.1. The minimum atomic E-state index is -2.71. The molecule has 2 aromatic carbocycles. The van der Waals surface area contributed by atoms with E-state index in [0.29, 0.717) is 24.1 Å². The number of fused-ring (bicyclic) bond motifs is 1. The maximum atomic E-state index is 12.8. The molecule has 1 aromatic heterocycles. The van der Waals surface area contributed by atoms with Crippen molar-refractivity contribution in [3.8, 4) is 0 Å². The quantitative estimate of drug-likeness (QED) is 0.674. The van der Waals surface area contributed by atoms with Gasteiger partial charge in [-0.3, -0.25) is 9.59 Å². The van der Waals surface area contributed by atoms with Crippen LogP contribution in [0.2, 0.25) is 0 Å². The maximum Gasteiger partial charge on any atom is 0.295 e. The third-order valence-corrected chi connectivity index (χ3v) is 5.12. The molecule has 0 spiro atoms. The Kier molecular flexibility index (Phi) is 5.60. The lowest BCUT2D eigenvalue weighted by Gasteiger charge is -2.36. The summed E-state index contributed by atoms with van der Waals surface area (Å²) in [6.07, 6.45) is -2.71. The lowest BCUT2D eigenvalue weighted by Crippen LogP contribution is -2.51. The topological polar surface area (TPSA) is 81.3 Å². The van der Waals surface area contributed by atoms with Gasteiger partial charge in [-0.1, -0.05) is 18.2 Å². The number of para-hydroxylation sites is 1. The molecule has 0 radical (unpaired) electrons. The molecule has 156 valence electrons. The number of amides is 2. The molecule has 0 saturated carbocycles. The minimum Gasteiger partial charge on any atom is -0.368 e. The Bertz CT molecular complexity index is 1050. The number of imidazole rings is 1. The number of halogens is 2. The van der Waals surface area contributed by atoms with E-state index in [-0.39, 0.29) is 18.0 Å². The number of carbonyl (C=O) groups is 2. The van der Waals surface area contributed by atoms with Crippen LogP contribution in [0.1, 0.15) is 22.6 Å². The number of H-pyrrole nitrogens is 1. The van der Waals surface area contributed by atoms with Crippen molar-refractivity contribution < 1.29 is 18.4 Å². The van der Waals surface area contributed by atoms with E-state index < -0.39 is 18.2 Å². The number of aromatic nitrogens is 2. The van der Waals surface area contributed by atoms with E-state index >= 15 is 0 Å². The van der Waals surface area contributed by atoms with Crippen molar-refractivity contribution in [1.82, 2.24) is 20.2 Å². The van der Waals surface area contributed by atoms with Crippen LogP contribution >= 0.6 is 0 Å². The Morgan fingerprint density at radius 1 is 1.07 bits per heavy atom. The number of piperazine rings is 1. The van der Waals surface area contributed by atoms with Crippen LogP contribution in [0.4, 0.5) is 14.5 Å². The molecule has 4 rings (SSSR count). The third kappa shape index (κ3) is 4.24. The Hall–Kier alpha value is -3.49. The van der Waals surface area contributed by atoms with Crippen LogP contribution in [0.3, 0.4) is 0 Å². The number of alkyl halides is 2. The van der Waals surface area contributed by atoms with Crippen LogP contribution in [0, 0.1) is 0 Å². The van der Waals surface area contributed by atoms with Crippen LogP contribution in [-0.4, -0.2) is 59.4 Å². The average molecular weight is 413 g/mol. The zero-order valence-corrected chi connectivity index (χ0v) is 16.1. The van der Waals surface area contributed by atoms with Gasteiger partial charge in [-0.15, -0.1) is 0 Å². The van der Waals surface area contributed by atoms with E-state index in [0.717, 1.165) is 18.8 Å². The number of aromatic amines is 1. The highest BCUT2D eigenvalue weighted by Crippen LogP contribution is 2.20. The fourth-order valence-electron chi connectivity index (χ4n) is 3.50. The van der Waals surface area contributed by atoms with Gasteiger partial charge in [0.15, 0.2) is 5.82 Å². The van der Waals surface area contributed by atoms with Gasteiger partial charge in [0.25, 0.3) is 12.3 Å². The van der Waals surface area contributed by atoms with Gasteiger partial charge in [0.2, 0.25) is 5.91 Å². The van der Waals surface area contributed by atoms with E-state index in [2.05, 4.69) is 20.2 Å². The summed E-state index contributed by atoms with van der Waals surface area (Å²) >= 11 is 0. The van der Waals surface area contributed by atoms with Crippen molar-refractivity contribution in [2.75, 3.05) is 37.6 Å². The van der Waals surface area contributed by atoms with E-state index in [1.165, 1.54) is 18.2 Å². The first-order chi connectivity index (χ1) is 14.5. The van der Waals surface area contributed by atoms with Gasteiger partial charge in [0, 0.05) is 37.4 Å². The van der Waals surface area contributed by atoms with Gasteiger partial charge in [-0.25, -0.2) is 13.8 Å². The van der Waals surface area contributed by atoms with Gasteiger partial charge in [-0.05, 0) is 30.3 Å². The normalized spacial score (nSPS) is 14.4. The predicted molar refractivity (Wildman–Crippen MR) is 109 cm³/mol. The van der Waals surface area contributed by atoms with Crippen LogP contribution in [0.5, 0.6) is 0 Å². The molecule has 2 N–H and O–H groups in total. The zero-order valence-electron chi connectivity index (χ0n) is 16.1. The van der Waals surface area contributed by atoms with E-state index in [1.54, 1.807) is 4.90 Å². The highest BCUT2D eigenvalue weighted by Gasteiger charge is 2.22. The molecule has 1 saturated heterocycles. The molecule has 0 aliphatic carbocycles. The molecular formula is C21H21F2N5O2. The first kappa shape index (κ1) is 19.8. The molecule has 0 unspecified atom stereocenters. The summed E-state index contributed by atoms with van der Waals surface area (Å²) in [5, 5.41) is 2.61. The van der Waals surface area contributed by atoms with Crippen LogP contribution < -0.4 is 10.2 Å². The van der Waals surface area contributed by atoms with Gasteiger partial charge >= 0.3 is 0 Å². The number of nitrogens with zero attached hydrogens (tertiary/aromatic N) is 3. The largest absolute Gasteiger partial charge is 0.368 e. The summed E-state index contributed by atoms with van der Waals surface area (Å²) in [5.74, 6) is -1.03. The van der Waals surface area contributed by atoms with Crippen molar-refractivity contribution >= 4 is 28.5 Å².